The first-order chi connectivity index (χ1) is 7.41. The minimum atomic E-state index is -5.43. The molecule has 22 heteroatoms. The summed E-state index contributed by atoms with van der Waals surface area (Å²) in [5, 5.41) is 0. The fourth-order valence-electron chi connectivity index (χ4n) is 0.204. The summed E-state index contributed by atoms with van der Waals surface area (Å²) >= 11 is 0. The molecule has 0 heterocycles. The zero-order valence-electron chi connectivity index (χ0n) is 11.3. The monoisotopic (exact) mass is 444 g/mol. The van der Waals surface area contributed by atoms with Gasteiger partial charge in [0.05, 0.1) is 0 Å². The first-order valence-corrected chi connectivity index (χ1v) is 8.00. The van der Waals surface area contributed by atoms with Crippen LogP contribution < -0.4 is 118 Å². The van der Waals surface area contributed by atoms with Crippen LogP contribution in [0.4, 0.5) is 0 Å². The van der Waals surface area contributed by atoms with Gasteiger partial charge < -0.3 is 18.2 Å². The van der Waals surface area contributed by atoms with E-state index in [2.05, 4.69) is 7.26 Å². The average Bonchev–Trinajstić information content (AvgIpc) is 1.64. The smallest absolute Gasteiger partial charge is 0.725 e. The number of hydrogen-bond acceptors (Lipinski definition) is 14. The first kappa shape index (κ1) is 40.3. The quantitative estimate of drug-likeness (QED) is 0.222. The normalized spacial score (nSPS) is 11.1. The van der Waals surface area contributed by atoms with Crippen LogP contribution in [0.25, 0.3) is 0 Å². The summed E-state index contributed by atoms with van der Waals surface area (Å²) in [4.78, 5) is 0. The molecule has 0 saturated carbocycles. The van der Waals surface area contributed by atoms with Crippen molar-refractivity contribution in [3.8, 4) is 0 Å². The van der Waals surface area contributed by atoms with E-state index in [4.69, 9.17) is 0 Å². The zero-order chi connectivity index (χ0) is 15.4. The Labute approximate surface area is 215 Å². The van der Waals surface area contributed by atoms with Crippen molar-refractivity contribution in [2.24, 2.45) is 0 Å². The molecule has 0 aliphatic heterocycles. The van der Waals surface area contributed by atoms with Crippen LogP contribution in [-0.2, 0) is 48.9 Å². The number of rotatable bonds is 4. The fraction of sp³-hybridized carbons (Fsp3) is 0. The minimum absolute atomic E-state index is 0. The van der Waals surface area contributed by atoms with Gasteiger partial charge >= 0.3 is 118 Å². The van der Waals surface area contributed by atoms with Crippen LogP contribution in [0.1, 0.15) is 0 Å². The summed E-state index contributed by atoms with van der Waals surface area (Å²) in [6.07, 6.45) is 0. The molecule has 0 N–H and O–H groups in total. The Bertz CT molecular complexity index is 541. The molecule has 0 unspecified atom stereocenters. The standard InChI is InChI=1S/4Na.2H2O7S2/c;;;;2*1-8(2,3)7-9(4,5)6/h;;;;2*(H,1,2,3)(H,4,5,6)/q4*+1;;/p-4. The molecule has 0 bridgehead atoms. The van der Waals surface area contributed by atoms with Crippen molar-refractivity contribution in [3.05, 3.63) is 0 Å². The van der Waals surface area contributed by atoms with Crippen LogP contribution in [0.2, 0.25) is 0 Å². The molecule has 112 valence electrons. The van der Waals surface area contributed by atoms with Crippen molar-refractivity contribution in [2.45, 2.75) is 0 Å². The molecule has 0 aromatic carbocycles. The SMILES string of the molecule is O=S(=O)([O-])OS(=O)(=O)[O-].O=S(=O)([O-])OS(=O)(=O)[O-].[Na+].[Na+].[Na+].[Na+]. The maximum absolute atomic E-state index is 9.29. The predicted octanol–water partition coefficient (Wildman–Crippen LogP) is -16.1. The van der Waals surface area contributed by atoms with Crippen molar-refractivity contribution in [1.29, 1.82) is 0 Å². The second-order valence-corrected chi connectivity index (χ2v) is 6.12. The summed E-state index contributed by atoms with van der Waals surface area (Å²) in [5.74, 6) is 0. The first-order valence-electron chi connectivity index (χ1n) is 2.67. The Morgan fingerprint density at radius 1 is 0.409 bits per heavy atom. The Hall–Kier alpha value is 3.56. The van der Waals surface area contributed by atoms with Crippen molar-refractivity contribution >= 4 is 41.6 Å². The molecular weight excluding hydrogens is 444 g/mol. The molecule has 0 aromatic rings. The van der Waals surface area contributed by atoms with Gasteiger partial charge in [-0.2, -0.15) is 7.26 Å². The van der Waals surface area contributed by atoms with E-state index in [9.17, 15) is 51.9 Å². The molecule has 0 saturated heterocycles. The Kier molecular flexibility index (Phi) is 28.6. The largest absolute Gasteiger partial charge is 1.00 e. The van der Waals surface area contributed by atoms with Gasteiger partial charge in [0.1, 0.15) is 0 Å². The second-order valence-electron chi connectivity index (χ2n) is 1.77. The van der Waals surface area contributed by atoms with Gasteiger partial charge in [-0.15, -0.1) is 0 Å². The maximum atomic E-state index is 9.29. The van der Waals surface area contributed by atoms with Crippen LogP contribution >= 0.6 is 0 Å². The zero-order valence-corrected chi connectivity index (χ0v) is 22.6. The molecule has 0 atom stereocenters. The van der Waals surface area contributed by atoms with Crippen molar-refractivity contribution in [2.75, 3.05) is 0 Å². The molecule has 0 spiro atoms. The van der Waals surface area contributed by atoms with Gasteiger partial charge in [0, 0.05) is 0 Å². The van der Waals surface area contributed by atoms with Gasteiger partial charge in [-0.3, -0.25) is 0 Å². The summed E-state index contributed by atoms with van der Waals surface area (Å²) in [5.41, 5.74) is 0. The van der Waals surface area contributed by atoms with Gasteiger partial charge in [-0.1, -0.05) is 0 Å². The van der Waals surface area contributed by atoms with Crippen molar-refractivity contribution < 1.29 is 177 Å². The molecule has 0 radical (unpaired) electrons. The molecule has 0 amide bonds. The molecule has 0 rings (SSSR count). The topological polar surface area (TPSA) is 247 Å². The minimum Gasteiger partial charge on any atom is -0.725 e. The third-order valence-electron chi connectivity index (χ3n) is 0.333. The molecule has 0 aliphatic carbocycles. The van der Waals surface area contributed by atoms with E-state index in [-0.39, 0.29) is 118 Å². The van der Waals surface area contributed by atoms with E-state index in [1.807, 2.05) is 0 Å². The van der Waals surface area contributed by atoms with Crippen molar-refractivity contribution in [1.82, 2.24) is 0 Å². The summed E-state index contributed by atoms with van der Waals surface area (Å²) in [6, 6.07) is 0. The Morgan fingerprint density at radius 2 is 0.500 bits per heavy atom. The van der Waals surface area contributed by atoms with Crippen LogP contribution in [0.5, 0.6) is 0 Å². The average molecular weight is 444 g/mol. The van der Waals surface area contributed by atoms with E-state index >= 15 is 0 Å². The molecule has 22 heavy (non-hydrogen) atoms. The fourth-order valence-corrected chi connectivity index (χ4v) is 1.84. The van der Waals surface area contributed by atoms with Gasteiger partial charge in [0.25, 0.3) is 0 Å². The van der Waals surface area contributed by atoms with Crippen LogP contribution in [0.15, 0.2) is 0 Å². The molecule has 0 fully saturated rings. The van der Waals surface area contributed by atoms with Crippen LogP contribution in [0, 0.1) is 0 Å². The third kappa shape index (κ3) is 49.5. The maximum Gasteiger partial charge on any atom is 1.00 e. The van der Waals surface area contributed by atoms with E-state index in [0.717, 1.165) is 0 Å². The van der Waals surface area contributed by atoms with E-state index in [0.29, 0.717) is 0 Å². The van der Waals surface area contributed by atoms with Crippen LogP contribution in [-0.4, -0.2) is 51.9 Å². The Balaban J connectivity index is -0.0000000492. The van der Waals surface area contributed by atoms with E-state index in [1.165, 1.54) is 0 Å². The second kappa shape index (κ2) is 15.6. The van der Waals surface area contributed by atoms with Gasteiger partial charge in [0.15, 0.2) is 0 Å². The van der Waals surface area contributed by atoms with E-state index in [1.54, 1.807) is 0 Å². The molecule has 14 nitrogen and oxygen atoms in total. The Morgan fingerprint density at radius 3 is 0.500 bits per heavy atom. The van der Waals surface area contributed by atoms with Crippen LogP contribution in [0.3, 0.4) is 0 Å². The molecular formula is Na4O14S4. The van der Waals surface area contributed by atoms with Gasteiger partial charge in [-0.05, 0) is 0 Å². The third-order valence-corrected chi connectivity index (χ3v) is 3.00. The van der Waals surface area contributed by atoms with E-state index < -0.39 is 41.6 Å². The number of hydrogen-bond donors (Lipinski definition) is 0. The summed E-state index contributed by atoms with van der Waals surface area (Å²) in [6.45, 7) is 0. The summed E-state index contributed by atoms with van der Waals surface area (Å²) in [7, 11) is -21.7. The molecule has 0 aliphatic rings. The van der Waals surface area contributed by atoms with Crippen molar-refractivity contribution in [3.63, 3.8) is 0 Å². The molecule has 0 aromatic heterocycles. The van der Waals surface area contributed by atoms with Gasteiger partial charge in [-0.25, -0.2) is 33.7 Å². The summed E-state index contributed by atoms with van der Waals surface area (Å²) < 4.78 is 116. The van der Waals surface area contributed by atoms with Gasteiger partial charge in [0.2, 0.25) is 41.6 Å². The predicted molar refractivity (Wildman–Crippen MR) is 41.0 cm³/mol.